The molecule has 0 aromatic heterocycles. The number of rotatable bonds is 0. The molecule has 0 saturated heterocycles. The summed E-state index contributed by atoms with van der Waals surface area (Å²) in [5, 5.41) is 0. The number of quaternary nitrogens is 1. The molecule has 2 aliphatic rings. The molecule has 0 amide bonds. The zero-order valence-corrected chi connectivity index (χ0v) is 16.6. The van der Waals surface area contributed by atoms with Gasteiger partial charge in [-0.1, -0.05) is 24.3 Å². The SMILES string of the molecule is Nc1c(Br)cc2c(c1Br)OC1=C(Br)C([NH3+])c3ccccc3C1=C2. The van der Waals surface area contributed by atoms with Gasteiger partial charge in [0.2, 0.25) is 0 Å². The minimum absolute atomic E-state index is 0.00599. The third-order valence-electron chi connectivity index (χ3n) is 4.14. The van der Waals surface area contributed by atoms with Crippen molar-refractivity contribution >= 4 is 65.1 Å². The topological polar surface area (TPSA) is 62.9 Å². The zero-order chi connectivity index (χ0) is 16.3. The van der Waals surface area contributed by atoms with Crippen LogP contribution in [0.25, 0.3) is 11.6 Å². The van der Waals surface area contributed by atoms with Crippen molar-refractivity contribution in [1.82, 2.24) is 0 Å². The highest BCUT2D eigenvalue weighted by atomic mass is 79.9. The van der Waals surface area contributed by atoms with Crippen LogP contribution >= 0.6 is 47.8 Å². The summed E-state index contributed by atoms with van der Waals surface area (Å²) >= 11 is 10.7. The highest BCUT2D eigenvalue weighted by Crippen LogP contribution is 2.50. The minimum Gasteiger partial charge on any atom is -0.454 e. The van der Waals surface area contributed by atoms with Crippen LogP contribution in [0.5, 0.6) is 5.75 Å². The molecule has 2 aromatic carbocycles. The van der Waals surface area contributed by atoms with Crippen molar-refractivity contribution in [2.45, 2.75) is 6.04 Å². The van der Waals surface area contributed by atoms with Gasteiger partial charge in [0.05, 0.1) is 10.2 Å². The van der Waals surface area contributed by atoms with Crippen molar-refractivity contribution < 1.29 is 10.5 Å². The van der Waals surface area contributed by atoms with Crippen molar-refractivity contribution in [3.63, 3.8) is 0 Å². The second kappa shape index (κ2) is 5.48. The normalized spacial score (nSPS) is 18.6. The summed E-state index contributed by atoms with van der Waals surface area (Å²) in [6, 6.07) is 10.3. The summed E-state index contributed by atoms with van der Waals surface area (Å²) in [5.41, 5.74) is 15.4. The molecular formula is C17H12Br3N2O+. The third-order valence-corrected chi connectivity index (χ3v) is 6.49. The monoisotopic (exact) mass is 497 g/mol. The lowest BCUT2D eigenvalue weighted by Crippen LogP contribution is -2.55. The second-order valence-electron chi connectivity index (χ2n) is 5.48. The first kappa shape index (κ1) is 15.4. The van der Waals surface area contributed by atoms with E-state index in [1.807, 2.05) is 18.2 Å². The van der Waals surface area contributed by atoms with E-state index in [1.54, 1.807) is 0 Å². The Kier molecular flexibility index (Phi) is 3.68. The molecule has 4 rings (SSSR count). The Morgan fingerprint density at radius 1 is 1.13 bits per heavy atom. The van der Waals surface area contributed by atoms with E-state index in [-0.39, 0.29) is 6.04 Å². The lowest BCUT2D eigenvalue weighted by Gasteiger charge is -2.30. The summed E-state index contributed by atoms with van der Waals surface area (Å²) in [6.07, 6.45) is 2.13. The van der Waals surface area contributed by atoms with Crippen molar-refractivity contribution in [2.75, 3.05) is 5.73 Å². The first-order valence-electron chi connectivity index (χ1n) is 6.98. The number of anilines is 1. The minimum atomic E-state index is 0.00599. The number of nitrogens with two attached hydrogens (primary N) is 1. The van der Waals surface area contributed by atoms with Gasteiger partial charge in [-0.05, 0) is 65.5 Å². The van der Waals surface area contributed by atoms with Crippen LogP contribution in [-0.2, 0) is 0 Å². The van der Waals surface area contributed by atoms with Crippen LogP contribution in [0, 0.1) is 0 Å². The quantitative estimate of drug-likeness (QED) is 0.519. The predicted octanol–water partition coefficient (Wildman–Crippen LogP) is 4.63. The van der Waals surface area contributed by atoms with Crippen LogP contribution < -0.4 is 16.2 Å². The summed E-state index contributed by atoms with van der Waals surface area (Å²) in [4.78, 5) is 0. The van der Waals surface area contributed by atoms with E-state index in [9.17, 15) is 0 Å². The lowest BCUT2D eigenvalue weighted by molar-refractivity contribution is -0.410. The highest BCUT2D eigenvalue weighted by Gasteiger charge is 2.34. The van der Waals surface area contributed by atoms with Crippen molar-refractivity contribution in [1.29, 1.82) is 0 Å². The number of fused-ring (bicyclic) bond motifs is 4. The van der Waals surface area contributed by atoms with E-state index in [4.69, 9.17) is 10.5 Å². The van der Waals surface area contributed by atoms with E-state index in [2.05, 4.69) is 71.7 Å². The largest absolute Gasteiger partial charge is 0.454 e. The molecule has 0 spiro atoms. The number of benzene rings is 2. The number of nitrogen functional groups attached to an aromatic ring is 1. The van der Waals surface area contributed by atoms with Gasteiger partial charge in [-0.3, -0.25) is 0 Å². The first-order chi connectivity index (χ1) is 11.0. The number of hydrogen-bond acceptors (Lipinski definition) is 2. The van der Waals surface area contributed by atoms with Gasteiger partial charge in [-0.15, -0.1) is 0 Å². The van der Waals surface area contributed by atoms with E-state index < -0.39 is 0 Å². The standard InChI is InChI=1S/C17H11Br3N2O/c18-11-6-7-5-10-8-3-1-2-4-9(8)14(21)12(19)17(10)23-16(7)13(20)15(11)22/h1-6,14H,21-22H2/p+1. The molecule has 3 nitrogen and oxygen atoms in total. The van der Waals surface area contributed by atoms with Crippen molar-refractivity contribution in [3.05, 3.63) is 66.2 Å². The Balaban J connectivity index is 2.03. The molecule has 0 radical (unpaired) electrons. The van der Waals surface area contributed by atoms with Gasteiger partial charge in [0.15, 0.2) is 11.5 Å². The molecule has 116 valence electrons. The van der Waals surface area contributed by atoms with E-state index in [0.717, 1.165) is 41.6 Å². The van der Waals surface area contributed by atoms with Crippen LogP contribution in [0.15, 0.2) is 49.5 Å². The fraction of sp³-hybridized carbons (Fsp3) is 0.0588. The summed E-state index contributed by atoms with van der Waals surface area (Å²) < 4.78 is 8.76. The van der Waals surface area contributed by atoms with E-state index >= 15 is 0 Å². The molecule has 2 aromatic rings. The molecule has 1 aliphatic heterocycles. The zero-order valence-electron chi connectivity index (χ0n) is 11.9. The Morgan fingerprint density at radius 3 is 2.65 bits per heavy atom. The molecule has 0 fully saturated rings. The summed E-state index contributed by atoms with van der Waals surface area (Å²) in [5.74, 6) is 1.53. The Labute approximate surface area is 158 Å². The first-order valence-corrected chi connectivity index (χ1v) is 9.36. The molecule has 5 N–H and O–H groups in total. The van der Waals surface area contributed by atoms with E-state index in [0.29, 0.717) is 5.69 Å². The molecule has 0 bridgehead atoms. The maximum Gasteiger partial charge on any atom is 0.151 e. The van der Waals surface area contributed by atoms with Gasteiger partial charge in [-0.25, -0.2) is 0 Å². The number of halogens is 3. The molecule has 1 atom stereocenters. The van der Waals surface area contributed by atoms with Gasteiger partial charge in [0, 0.05) is 21.2 Å². The fourth-order valence-corrected chi connectivity index (χ4v) is 4.72. The lowest BCUT2D eigenvalue weighted by atomic mass is 9.86. The molecular weight excluding hydrogens is 488 g/mol. The van der Waals surface area contributed by atoms with Crippen molar-refractivity contribution in [3.8, 4) is 5.75 Å². The number of hydrogen-bond donors (Lipinski definition) is 2. The molecule has 6 heteroatoms. The van der Waals surface area contributed by atoms with Crippen LogP contribution in [0.1, 0.15) is 22.7 Å². The van der Waals surface area contributed by atoms with Crippen molar-refractivity contribution in [2.24, 2.45) is 0 Å². The Bertz CT molecular complexity index is 918. The average molecular weight is 500 g/mol. The van der Waals surface area contributed by atoms with Gasteiger partial charge < -0.3 is 16.2 Å². The van der Waals surface area contributed by atoms with Gasteiger partial charge in [-0.2, -0.15) is 0 Å². The second-order valence-corrected chi connectivity index (χ2v) is 7.98. The van der Waals surface area contributed by atoms with Crippen LogP contribution in [0.2, 0.25) is 0 Å². The molecule has 23 heavy (non-hydrogen) atoms. The maximum absolute atomic E-state index is 6.22. The summed E-state index contributed by atoms with van der Waals surface area (Å²) in [7, 11) is 0. The highest BCUT2D eigenvalue weighted by molar-refractivity contribution is 9.12. The number of ether oxygens (including phenoxy) is 1. The Morgan fingerprint density at radius 2 is 1.87 bits per heavy atom. The molecule has 1 heterocycles. The third kappa shape index (κ3) is 2.23. The average Bonchev–Trinajstić information content (AvgIpc) is 2.57. The summed E-state index contributed by atoms with van der Waals surface area (Å²) in [6.45, 7) is 0. The smallest absolute Gasteiger partial charge is 0.151 e. The maximum atomic E-state index is 6.22. The Hall–Kier alpha value is -1.08. The predicted molar refractivity (Wildman–Crippen MR) is 103 cm³/mol. The molecule has 1 aliphatic carbocycles. The van der Waals surface area contributed by atoms with E-state index in [1.165, 1.54) is 5.56 Å². The van der Waals surface area contributed by atoms with Gasteiger partial charge in [0.1, 0.15) is 10.5 Å². The van der Waals surface area contributed by atoms with Crippen LogP contribution in [-0.4, -0.2) is 0 Å². The van der Waals surface area contributed by atoms with Gasteiger partial charge in [0.25, 0.3) is 0 Å². The van der Waals surface area contributed by atoms with Crippen LogP contribution in [0.3, 0.4) is 0 Å². The fourth-order valence-electron chi connectivity index (χ4n) is 2.94. The van der Waals surface area contributed by atoms with Gasteiger partial charge >= 0.3 is 0 Å². The molecule has 1 unspecified atom stereocenters. The van der Waals surface area contributed by atoms with Crippen LogP contribution in [0.4, 0.5) is 5.69 Å². The number of allylic oxidation sites excluding steroid dienone is 1. The molecule has 0 saturated carbocycles.